The maximum Gasteiger partial charge on any atom is 0.336 e. The highest BCUT2D eigenvalue weighted by Gasteiger charge is 2.15. The van der Waals surface area contributed by atoms with Gasteiger partial charge in [-0.2, -0.15) is 0 Å². The Bertz CT molecular complexity index is 1010. The van der Waals surface area contributed by atoms with Gasteiger partial charge in [0, 0.05) is 28.1 Å². The van der Waals surface area contributed by atoms with E-state index in [9.17, 15) is 9.90 Å². The van der Waals surface area contributed by atoms with Crippen LogP contribution in [0.5, 0.6) is 11.5 Å². The summed E-state index contributed by atoms with van der Waals surface area (Å²) in [4.78, 5) is 11.9. The van der Waals surface area contributed by atoms with E-state index in [4.69, 9.17) is 9.15 Å². The number of aryl methyl sites for hydroxylation is 1. The normalized spacial score (nSPS) is 12.3. The Morgan fingerprint density at radius 3 is 2.73 bits per heavy atom. The van der Waals surface area contributed by atoms with Gasteiger partial charge in [0.2, 0.25) is 0 Å². The largest absolute Gasteiger partial charge is 0.508 e. The van der Waals surface area contributed by atoms with Crippen molar-refractivity contribution in [3.63, 3.8) is 0 Å². The summed E-state index contributed by atoms with van der Waals surface area (Å²) in [5.41, 5.74) is 2.65. The third-order valence-corrected chi connectivity index (χ3v) is 5.23. The average Bonchev–Trinajstić information content (AvgIpc) is 2.62. The molecule has 0 fully saturated rings. The zero-order chi connectivity index (χ0) is 18.8. The highest BCUT2D eigenvalue weighted by atomic mass is 79.9. The van der Waals surface area contributed by atoms with Crippen LogP contribution in [-0.2, 0) is 6.54 Å². The van der Waals surface area contributed by atoms with Crippen molar-refractivity contribution in [3.8, 4) is 11.5 Å². The summed E-state index contributed by atoms with van der Waals surface area (Å²) in [5.74, 6) is 0.918. The molecule has 0 saturated carbocycles. The molecule has 0 unspecified atom stereocenters. The molecule has 0 amide bonds. The first-order chi connectivity index (χ1) is 12.4. The van der Waals surface area contributed by atoms with Crippen LogP contribution >= 0.6 is 15.9 Å². The third-order valence-electron chi connectivity index (χ3n) is 4.61. The van der Waals surface area contributed by atoms with E-state index in [0.29, 0.717) is 17.7 Å². The highest BCUT2D eigenvalue weighted by Crippen LogP contribution is 2.28. The molecule has 2 aromatic carbocycles. The van der Waals surface area contributed by atoms with Gasteiger partial charge in [-0.3, -0.25) is 0 Å². The molecule has 0 radical (unpaired) electrons. The second-order valence-corrected chi connectivity index (χ2v) is 7.15. The molecule has 3 N–H and O–H groups in total. The van der Waals surface area contributed by atoms with Gasteiger partial charge < -0.3 is 19.6 Å². The van der Waals surface area contributed by atoms with Crippen molar-refractivity contribution in [2.45, 2.75) is 26.4 Å². The number of methoxy groups -OCH3 is 1. The van der Waals surface area contributed by atoms with Crippen LogP contribution in [0.15, 0.2) is 50.1 Å². The van der Waals surface area contributed by atoms with E-state index < -0.39 is 5.63 Å². The second-order valence-electron chi connectivity index (χ2n) is 6.30. The number of ether oxygens (including phenoxy) is 1. The Balaban J connectivity index is 1.86. The lowest BCUT2D eigenvalue weighted by Gasteiger charge is -2.14. The number of hydrogen-bond acceptors (Lipinski definition) is 4. The molecule has 0 aliphatic rings. The third kappa shape index (κ3) is 3.61. The van der Waals surface area contributed by atoms with Crippen molar-refractivity contribution in [2.75, 3.05) is 7.11 Å². The summed E-state index contributed by atoms with van der Waals surface area (Å²) in [5, 5.41) is 12.9. The quantitative estimate of drug-likeness (QED) is 0.622. The molecule has 0 aliphatic heterocycles. The fourth-order valence-corrected chi connectivity index (χ4v) is 3.55. The number of rotatable bonds is 5. The van der Waals surface area contributed by atoms with Crippen LogP contribution < -0.4 is 15.7 Å². The lowest BCUT2D eigenvalue weighted by molar-refractivity contribution is -0.707. The first-order valence-corrected chi connectivity index (χ1v) is 9.12. The number of nitrogens with two attached hydrogens (primary N) is 1. The summed E-state index contributed by atoms with van der Waals surface area (Å²) < 4.78 is 11.5. The van der Waals surface area contributed by atoms with Crippen LogP contribution in [0.4, 0.5) is 0 Å². The van der Waals surface area contributed by atoms with Crippen molar-refractivity contribution < 1.29 is 19.6 Å². The van der Waals surface area contributed by atoms with Crippen molar-refractivity contribution in [1.29, 1.82) is 0 Å². The van der Waals surface area contributed by atoms with E-state index in [1.54, 1.807) is 26.2 Å². The summed E-state index contributed by atoms with van der Waals surface area (Å²) >= 11 is 3.51. The number of quaternary nitrogens is 1. The van der Waals surface area contributed by atoms with Gasteiger partial charge in [0.05, 0.1) is 11.6 Å². The lowest BCUT2D eigenvalue weighted by Crippen LogP contribution is -2.83. The maximum absolute atomic E-state index is 11.9. The summed E-state index contributed by atoms with van der Waals surface area (Å²) in [6.07, 6.45) is 0. The standard InChI is InChI=1S/C20H20BrNO4/c1-11-17(23)6-5-15-14(9-19(24)26-20(11)15)10-22-12(2)13-4-7-18(25-3)16(21)8-13/h4-9,12,22-23H,10H2,1-3H3/p+1/t12-/m1/s1. The van der Waals surface area contributed by atoms with Gasteiger partial charge in [0.1, 0.15) is 29.7 Å². The summed E-state index contributed by atoms with van der Waals surface area (Å²) in [6.45, 7) is 4.47. The van der Waals surface area contributed by atoms with Crippen LogP contribution in [0.1, 0.15) is 29.7 Å². The fraction of sp³-hybridized carbons (Fsp3) is 0.250. The van der Waals surface area contributed by atoms with Crippen molar-refractivity contribution in [2.24, 2.45) is 0 Å². The Hall–Kier alpha value is -2.31. The van der Waals surface area contributed by atoms with Crippen LogP contribution in [0, 0.1) is 6.92 Å². The van der Waals surface area contributed by atoms with Gasteiger partial charge in [-0.1, -0.05) is 0 Å². The molecule has 0 saturated heterocycles. The molecule has 6 heteroatoms. The van der Waals surface area contributed by atoms with E-state index in [2.05, 4.69) is 28.2 Å². The van der Waals surface area contributed by atoms with Gasteiger partial charge in [-0.05, 0) is 60.1 Å². The van der Waals surface area contributed by atoms with Crippen LogP contribution in [0.25, 0.3) is 11.0 Å². The monoisotopic (exact) mass is 418 g/mol. The van der Waals surface area contributed by atoms with Gasteiger partial charge in [0.25, 0.3) is 0 Å². The minimum Gasteiger partial charge on any atom is -0.508 e. The number of halogens is 1. The number of hydrogen-bond donors (Lipinski definition) is 2. The number of benzene rings is 2. The smallest absolute Gasteiger partial charge is 0.336 e. The molecule has 5 nitrogen and oxygen atoms in total. The highest BCUT2D eigenvalue weighted by molar-refractivity contribution is 9.10. The van der Waals surface area contributed by atoms with Gasteiger partial charge >= 0.3 is 5.63 Å². The van der Waals surface area contributed by atoms with Crippen molar-refractivity contribution in [3.05, 3.63) is 68.0 Å². The SMILES string of the molecule is COc1ccc([C@@H](C)[NH2+]Cc2cc(=O)oc3c(C)c(O)ccc23)cc1Br. The molecule has 0 bridgehead atoms. The van der Waals surface area contributed by atoms with Crippen LogP contribution in [0.3, 0.4) is 0 Å². The molecule has 1 atom stereocenters. The number of phenols is 1. The Kier molecular flexibility index (Phi) is 5.34. The lowest BCUT2D eigenvalue weighted by atomic mass is 10.0. The number of phenolic OH excluding ortho intramolecular Hbond substituents is 1. The Morgan fingerprint density at radius 1 is 1.27 bits per heavy atom. The van der Waals surface area contributed by atoms with Gasteiger partial charge in [-0.15, -0.1) is 0 Å². The molecular formula is C20H21BrNO4+. The van der Waals surface area contributed by atoms with E-state index in [1.165, 1.54) is 6.07 Å². The van der Waals surface area contributed by atoms with E-state index in [0.717, 1.165) is 26.7 Å². The molecule has 1 heterocycles. The van der Waals surface area contributed by atoms with Crippen LogP contribution in [0.2, 0.25) is 0 Å². The van der Waals surface area contributed by atoms with E-state index in [-0.39, 0.29) is 11.8 Å². The van der Waals surface area contributed by atoms with E-state index >= 15 is 0 Å². The van der Waals surface area contributed by atoms with Crippen molar-refractivity contribution in [1.82, 2.24) is 0 Å². The average molecular weight is 419 g/mol. The zero-order valence-electron chi connectivity index (χ0n) is 14.9. The van der Waals surface area contributed by atoms with Gasteiger partial charge in [-0.25, -0.2) is 4.79 Å². The molecule has 3 aromatic rings. The summed E-state index contributed by atoms with van der Waals surface area (Å²) in [6, 6.07) is 11.1. The topological polar surface area (TPSA) is 76.3 Å². The predicted octanol–water partition coefficient (Wildman–Crippen LogP) is 3.40. The molecule has 26 heavy (non-hydrogen) atoms. The number of aromatic hydroxyl groups is 1. The molecule has 0 spiro atoms. The molecule has 0 aliphatic carbocycles. The fourth-order valence-electron chi connectivity index (χ4n) is 2.99. The second kappa shape index (κ2) is 7.51. The Morgan fingerprint density at radius 2 is 2.04 bits per heavy atom. The van der Waals surface area contributed by atoms with Crippen molar-refractivity contribution >= 4 is 26.9 Å². The molecule has 3 rings (SSSR count). The molecule has 1 aromatic heterocycles. The summed E-state index contributed by atoms with van der Waals surface area (Å²) in [7, 11) is 1.64. The molecule has 136 valence electrons. The van der Waals surface area contributed by atoms with Gasteiger partial charge in [0.15, 0.2) is 0 Å². The predicted molar refractivity (Wildman–Crippen MR) is 104 cm³/mol. The Labute approximate surface area is 159 Å². The maximum atomic E-state index is 11.9. The zero-order valence-corrected chi connectivity index (χ0v) is 16.5. The first-order valence-electron chi connectivity index (χ1n) is 8.32. The molecular weight excluding hydrogens is 398 g/mol. The van der Waals surface area contributed by atoms with Crippen LogP contribution in [-0.4, -0.2) is 12.2 Å². The van der Waals surface area contributed by atoms with E-state index in [1.807, 2.05) is 18.2 Å². The minimum atomic E-state index is -0.408. The first kappa shape index (κ1) is 18.5. The minimum absolute atomic E-state index is 0.123. The number of fused-ring (bicyclic) bond motifs is 1.